The molecule has 8 atom stereocenters. The van der Waals surface area contributed by atoms with E-state index in [1.807, 2.05) is 90.1 Å². The van der Waals surface area contributed by atoms with Crippen LogP contribution < -0.4 is 31.9 Å². The Morgan fingerprint density at radius 1 is 0.524 bits per heavy atom. The lowest BCUT2D eigenvalue weighted by molar-refractivity contribution is -0.148. The summed E-state index contributed by atoms with van der Waals surface area (Å²) >= 11 is 0. The number of rotatable bonds is 16. The standard InChI is InChI=1S/C60H82N10O10S2/c1-37(61-9)53(71)65-51(59(3,4)5)57(75)69-31-29-67(35-49(69)55(73)63-47-23-15-19-39-17-11-13-21-45(39)47)81(77,78)43-27-25-42-34-44(28-26-41(42)33-43)82(79,80)68-30-32-70(58(76)52(60(6,7)8)66-54(72)38(2)62-10)50(36-68)56(74)64-48-24-16-20-40-18-12-14-22-46(40)48/h11-14,17-18,21-22,25-28,33-34,37-38,47-52,61-62H,15-16,19-20,23-24,29-32,35-36H2,1-10H3,(H,63,73)(H,64,74)(H,65,71)(H,66,72)/t37-,38-,47+,48+,49-,50-,51+,52+/m0/s1. The number of hydrogen-bond donors (Lipinski definition) is 6. The molecule has 2 aliphatic heterocycles. The molecule has 4 aromatic carbocycles. The largest absolute Gasteiger partial charge is 0.347 e. The minimum Gasteiger partial charge on any atom is -0.347 e. The molecular weight excluding hydrogens is 1080 g/mol. The van der Waals surface area contributed by atoms with E-state index in [1.54, 1.807) is 27.9 Å². The lowest BCUT2D eigenvalue weighted by Gasteiger charge is -2.44. The topological polar surface area (TPSA) is 256 Å². The van der Waals surface area contributed by atoms with Crippen molar-refractivity contribution in [2.45, 2.75) is 152 Å². The van der Waals surface area contributed by atoms with Gasteiger partial charge < -0.3 is 41.7 Å². The molecule has 2 heterocycles. The van der Waals surface area contributed by atoms with Crippen LogP contribution in [0.15, 0.2) is 94.7 Å². The zero-order valence-electron chi connectivity index (χ0n) is 48.9. The van der Waals surface area contributed by atoms with E-state index < -0.39 is 103 Å². The van der Waals surface area contributed by atoms with Crippen molar-refractivity contribution in [2.75, 3.05) is 53.4 Å². The third kappa shape index (κ3) is 13.2. The number of hydrogen-bond acceptors (Lipinski definition) is 12. The van der Waals surface area contributed by atoms with Gasteiger partial charge in [0, 0.05) is 39.3 Å². The Hall–Kier alpha value is -6.30. The molecule has 82 heavy (non-hydrogen) atoms. The Kier molecular flexibility index (Phi) is 18.7. The van der Waals surface area contributed by atoms with E-state index in [0.29, 0.717) is 23.6 Å². The lowest BCUT2D eigenvalue weighted by Crippen LogP contribution is -2.66. The highest BCUT2D eigenvalue weighted by atomic mass is 32.2. The average molecular weight is 1170 g/mol. The third-order valence-electron chi connectivity index (χ3n) is 16.7. The SMILES string of the molecule is CN[C@@H](C)C(=O)N[C@H](C(=O)N1CCN(S(=O)(=O)c2ccc3cc(S(=O)(=O)N4CCN(C(=O)[C@@H](NC(=O)[C@H](C)NC)C(C)(C)C)[C@H](C(=O)N[C@@H]5CCCc6ccccc65)C4)ccc3c2)C[C@H]1C(=O)N[C@@H]1CCCc2ccccc21)C(C)(C)C. The second-order valence-electron chi connectivity index (χ2n) is 24.4. The van der Waals surface area contributed by atoms with Crippen LogP contribution in [-0.2, 0) is 61.7 Å². The molecule has 0 saturated carbocycles. The predicted molar refractivity (Wildman–Crippen MR) is 313 cm³/mol. The third-order valence-corrected chi connectivity index (χ3v) is 20.5. The predicted octanol–water partition coefficient (Wildman–Crippen LogP) is 3.91. The number of carbonyl (C=O) groups is 6. The van der Waals surface area contributed by atoms with Gasteiger partial charge in [-0.3, -0.25) is 28.8 Å². The van der Waals surface area contributed by atoms with E-state index in [4.69, 9.17) is 0 Å². The molecule has 2 fully saturated rings. The molecule has 6 N–H and O–H groups in total. The molecule has 0 unspecified atom stereocenters. The first-order valence-electron chi connectivity index (χ1n) is 28.5. The van der Waals surface area contributed by atoms with Crippen molar-refractivity contribution < 1.29 is 45.6 Å². The Bertz CT molecular complexity index is 3090. The van der Waals surface area contributed by atoms with E-state index in [1.165, 1.54) is 54.8 Å². The molecule has 0 spiro atoms. The highest BCUT2D eigenvalue weighted by Crippen LogP contribution is 2.35. The molecule has 0 bridgehead atoms. The van der Waals surface area contributed by atoms with Crippen molar-refractivity contribution in [3.63, 3.8) is 0 Å². The first kappa shape index (κ1) is 61.8. The number of piperazine rings is 2. The number of carbonyl (C=O) groups excluding carboxylic acids is 6. The van der Waals surface area contributed by atoms with Crippen molar-refractivity contribution in [1.82, 2.24) is 50.3 Å². The van der Waals surface area contributed by atoms with Crippen LogP contribution in [0.3, 0.4) is 0 Å². The first-order chi connectivity index (χ1) is 38.6. The van der Waals surface area contributed by atoms with Gasteiger partial charge in [-0.05, 0) is 135 Å². The number of nitrogens with zero attached hydrogens (tertiary/aromatic N) is 4. The first-order valence-corrected chi connectivity index (χ1v) is 31.4. The fourth-order valence-corrected chi connectivity index (χ4v) is 14.5. The number of fused-ring (bicyclic) bond motifs is 3. The number of nitrogens with one attached hydrogen (secondary N) is 6. The van der Waals surface area contributed by atoms with E-state index in [-0.39, 0.29) is 61.1 Å². The molecule has 4 aromatic rings. The second kappa shape index (κ2) is 24.9. The Morgan fingerprint density at radius 3 is 1.24 bits per heavy atom. The summed E-state index contributed by atoms with van der Waals surface area (Å²) in [5.41, 5.74) is 2.54. The second-order valence-corrected chi connectivity index (χ2v) is 28.3. The average Bonchev–Trinajstić information content (AvgIpc) is 2.48. The van der Waals surface area contributed by atoms with Crippen LogP contribution in [0.2, 0.25) is 0 Å². The fourth-order valence-electron chi connectivity index (χ4n) is 11.5. The number of aryl methyl sites for hydroxylation is 2. The quantitative estimate of drug-likeness (QED) is 0.0935. The van der Waals surface area contributed by atoms with Crippen LogP contribution in [0.5, 0.6) is 0 Å². The van der Waals surface area contributed by atoms with Crippen molar-refractivity contribution in [3.8, 4) is 0 Å². The minimum atomic E-state index is -4.36. The number of amides is 6. The molecule has 20 nitrogen and oxygen atoms in total. The highest BCUT2D eigenvalue weighted by molar-refractivity contribution is 7.89. The molecule has 4 aliphatic rings. The molecule has 444 valence electrons. The van der Waals surface area contributed by atoms with Gasteiger partial charge in [0.25, 0.3) is 0 Å². The van der Waals surface area contributed by atoms with Crippen molar-refractivity contribution >= 4 is 66.3 Å². The Morgan fingerprint density at radius 2 is 0.890 bits per heavy atom. The molecule has 0 radical (unpaired) electrons. The molecule has 2 saturated heterocycles. The van der Waals surface area contributed by atoms with Crippen molar-refractivity contribution in [2.24, 2.45) is 10.8 Å². The Balaban J connectivity index is 1.05. The van der Waals surface area contributed by atoms with E-state index >= 15 is 0 Å². The van der Waals surface area contributed by atoms with Crippen LogP contribution in [-0.4, -0.2) is 160 Å². The lowest BCUT2D eigenvalue weighted by atomic mass is 9.85. The number of likely N-dealkylation sites (N-methyl/N-ethyl adjacent to an activating group) is 2. The van der Waals surface area contributed by atoms with Crippen LogP contribution in [0.4, 0.5) is 0 Å². The molecule has 6 amide bonds. The monoisotopic (exact) mass is 1170 g/mol. The van der Waals surface area contributed by atoms with Gasteiger partial charge in [-0.25, -0.2) is 16.8 Å². The van der Waals surface area contributed by atoms with Gasteiger partial charge >= 0.3 is 0 Å². The van der Waals surface area contributed by atoms with Gasteiger partial charge in [0.2, 0.25) is 55.5 Å². The molecule has 2 aliphatic carbocycles. The fraction of sp³-hybridized carbons (Fsp3) is 0.533. The summed E-state index contributed by atoms with van der Waals surface area (Å²) in [6.07, 6.45) is 4.63. The maximum absolute atomic E-state index is 14.8. The van der Waals surface area contributed by atoms with Crippen molar-refractivity contribution in [3.05, 3.63) is 107 Å². The highest BCUT2D eigenvalue weighted by Gasteiger charge is 2.48. The smallest absolute Gasteiger partial charge is 0.246 e. The van der Waals surface area contributed by atoms with Gasteiger partial charge in [-0.15, -0.1) is 0 Å². The zero-order valence-corrected chi connectivity index (χ0v) is 50.5. The maximum Gasteiger partial charge on any atom is 0.246 e. The van der Waals surface area contributed by atoms with Gasteiger partial charge in [0.15, 0.2) is 0 Å². The van der Waals surface area contributed by atoms with E-state index in [9.17, 15) is 45.6 Å². The van der Waals surface area contributed by atoms with E-state index in [0.717, 1.165) is 47.9 Å². The number of sulfonamides is 2. The van der Waals surface area contributed by atoms with Gasteiger partial charge in [-0.1, -0.05) is 102 Å². The number of benzene rings is 4. The Labute approximate surface area is 483 Å². The molecule has 0 aromatic heterocycles. The minimum absolute atomic E-state index is 0.114. The molecule has 8 rings (SSSR count). The van der Waals surface area contributed by atoms with Crippen LogP contribution in [0, 0.1) is 10.8 Å². The summed E-state index contributed by atoms with van der Waals surface area (Å²) in [5, 5.41) is 18.7. The normalized spacial score (nSPS) is 21.7. The van der Waals surface area contributed by atoms with Crippen LogP contribution in [0.1, 0.15) is 115 Å². The summed E-state index contributed by atoms with van der Waals surface area (Å²) in [6.45, 7) is 12.8. The summed E-state index contributed by atoms with van der Waals surface area (Å²) < 4.78 is 61.5. The van der Waals surface area contributed by atoms with E-state index in [2.05, 4.69) is 31.9 Å². The summed E-state index contributed by atoms with van der Waals surface area (Å²) in [7, 11) is -5.45. The van der Waals surface area contributed by atoms with Crippen LogP contribution >= 0.6 is 0 Å². The van der Waals surface area contributed by atoms with Gasteiger partial charge in [0.05, 0.1) is 34.0 Å². The van der Waals surface area contributed by atoms with Gasteiger partial charge in [-0.2, -0.15) is 8.61 Å². The summed E-state index contributed by atoms with van der Waals surface area (Å²) in [5.74, 6) is -2.91. The van der Waals surface area contributed by atoms with Crippen molar-refractivity contribution in [1.29, 1.82) is 0 Å². The molecular formula is C60H82N10O10S2. The summed E-state index contributed by atoms with van der Waals surface area (Å²) in [6, 6.07) is 17.7. The maximum atomic E-state index is 14.8. The van der Waals surface area contributed by atoms with Gasteiger partial charge in [0.1, 0.15) is 24.2 Å². The van der Waals surface area contributed by atoms with Crippen LogP contribution in [0.25, 0.3) is 10.8 Å². The summed E-state index contributed by atoms with van der Waals surface area (Å²) in [4.78, 5) is 87.8. The molecule has 22 heteroatoms. The zero-order chi connectivity index (χ0) is 59.6.